The van der Waals surface area contributed by atoms with E-state index in [9.17, 15) is 4.79 Å². The number of H-pyrrole nitrogens is 1. The fourth-order valence-corrected chi connectivity index (χ4v) is 2.90. The van der Waals surface area contributed by atoms with E-state index >= 15 is 0 Å². The van der Waals surface area contributed by atoms with Gasteiger partial charge in [0.05, 0.1) is 27.8 Å². The molecule has 0 aliphatic heterocycles. The van der Waals surface area contributed by atoms with Gasteiger partial charge in [-0.2, -0.15) is 0 Å². The van der Waals surface area contributed by atoms with Gasteiger partial charge < -0.3 is 4.74 Å². The number of hydrogen-bond donors (Lipinski definition) is 1. The minimum atomic E-state index is -0.131. The molecule has 1 aromatic heterocycles. The number of aromatic nitrogens is 2. The van der Waals surface area contributed by atoms with Crippen LogP contribution in [0, 0.1) is 0 Å². The highest BCUT2D eigenvalue weighted by atomic mass is 79.9. The van der Waals surface area contributed by atoms with Crippen molar-refractivity contribution < 1.29 is 4.74 Å². The second-order valence-corrected chi connectivity index (χ2v) is 5.87. The van der Waals surface area contributed by atoms with E-state index in [1.165, 1.54) is 4.68 Å². The van der Waals surface area contributed by atoms with Crippen LogP contribution >= 0.6 is 15.9 Å². The third-order valence-electron chi connectivity index (χ3n) is 3.51. The molecule has 2 aromatic carbocycles. The summed E-state index contributed by atoms with van der Waals surface area (Å²) in [4.78, 5) is 12.6. The van der Waals surface area contributed by atoms with Crippen molar-refractivity contribution in [2.45, 2.75) is 0 Å². The van der Waals surface area contributed by atoms with E-state index in [1.54, 1.807) is 7.11 Å². The number of ether oxygens (including phenoxy) is 1. The van der Waals surface area contributed by atoms with E-state index < -0.39 is 0 Å². The Morgan fingerprint density at radius 2 is 1.96 bits per heavy atom. The lowest BCUT2D eigenvalue weighted by Crippen LogP contribution is -2.33. The predicted octanol–water partition coefficient (Wildman–Crippen LogP) is 2.18. The maximum absolute atomic E-state index is 12.6. The van der Waals surface area contributed by atoms with Gasteiger partial charge in [-0.05, 0) is 51.8 Å². The average Bonchev–Trinajstić information content (AvgIpc) is 2.84. The van der Waals surface area contributed by atoms with E-state index in [4.69, 9.17) is 4.74 Å². The quantitative estimate of drug-likeness (QED) is 0.767. The first kappa shape index (κ1) is 15.4. The number of para-hydroxylation sites is 1. The summed E-state index contributed by atoms with van der Waals surface area (Å²) in [6.45, 7) is 3.94. The van der Waals surface area contributed by atoms with Crippen LogP contribution in [0.25, 0.3) is 18.3 Å². The predicted molar refractivity (Wildman–Crippen MR) is 95.4 cm³/mol. The van der Waals surface area contributed by atoms with E-state index in [2.05, 4.69) is 27.6 Å². The maximum Gasteiger partial charge on any atom is 0.279 e. The van der Waals surface area contributed by atoms with Crippen LogP contribution in [-0.2, 0) is 0 Å². The van der Waals surface area contributed by atoms with Crippen molar-refractivity contribution in [1.82, 2.24) is 9.78 Å². The van der Waals surface area contributed by atoms with Crippen molar-refractivity contribution >= 4 is 28.6 Å². The monoisotopic (exact) mass is 370 g/mol. The molecule has 0 radical (unpaired) electrons. The van der Waals surface area contributed by atoms with Gasteiger partial charge in [0.1, 0.15) is 5.75 Å². The van der Waals surface area contributed by atoms with Crippen molar-refractivity contribution in [3.63, 3.8) is 0 Å². The summed E-state index contributed by atoms with van der Waals surface area (Å²) in [6, 6.07) is 15.0. The van der Waals surface area contributed by atoms with Crippen LogP contribution < -0.4 is 20.9 Å². The highest BCUT2D eigenvalue weighted by molar-refractivity contribution is 9.10. The number of nitrogens with one attached hydrogen (secondary N) is 1. The molecule has 3 aromatic rings. The fourth-order valence-electron chi connectivity index (χ4n) is 2.34. The Morgan fingerprint density at radius 3 is 2.61 bits per heavy atom. The van der Waals surface area contributed by atoms with E-state index in [0.29, 0.717) is 10.6 Å². The van der Waals surface area contributed by atoms with Gasteiger partial charge in [-0.1, -0.05) is 30.8 Å². The van der Waals surface area contributed by atoms with Crippen LogP contribution in [0.2, 0.25) is 0 Å². The van der Waals surface area contributed by atoms with Crippen molar-refractivity contribution in [3.05, 3.63) is 79.5 Å². The number of rotatable bonds is 3. The van der Waals surface area contributed by atoms with Crippen LogP contribution in [-0.4, -0.2) is 16.9 Å². The SMILES string of the molecule is C=c1[nH]n(-c2ccccc2)c(=O)/c1=C\c1ccc(OC)c(Br)c1. The fraction of sp³-hybridized carbons (Fsp3) is 0.0556. The summed E-state index contributed by atoms with van der Waals surface area (Å²) in [7, 11) is 1.61. The molecule has 1 N–H and O–H groups in total. The molecule has 1 heterocycles. The Morgan fingerprint density at radius 1 is 1.22 bits per heavy atom. The molecule has 0 bridgehead atoms. The molecule has 0 saturated heterocycles. The highest BCUT2D eigenvalue weighted by Crippen LogP contribution is 2.25. The zero-order valence-electron chi connectivity index (χ0n) is 12.5. The molecule has 0 amide bonds. The Kier molecular flexibility index (Phi) is 4.21. The van der Waals surface area contributed by atoms with Crippen molar-refractivity contribution in [2.24, 2.45) is 0 Å². The van der Waals surface area contributed by atoms with E-state index in [1.807, 2.05) is 54.6 Å². The molecule has 0 atom stereocenters. The second kappa shape index (κ2) is 6.30. The number of nitrogens with zero attached hydrogens (tertiary/aromatic N) is 1. The Balaban J connectivity index is 2.15. The molecule has 5 heteroatoms. The number of halogens is 1. The summed E-state index contributed by atoms with van der Waals surface area (Å²) in [5.74, 6) is 0.743. The zero-order valence-corrected chi connectivity index (χ0v) is 14.1. The summed E-state index contributed by atoms with van der Waals surface area (Å²) >= 11 is 3.45. The van der Waals surface area contributed by atoms with Crippen molar-refractivity contribution in [3.8, 4) is 11.4 Å². The summed E-state index contributed by atoms with van der Waals surface area (Å²) in [5, 5.41) is 4.12. The van der Waals surface area contributed by atoms with Crippen LogP contribution in [0.4, 0.5) is 0 Å². The van der Waals surface area contributed by atoms with Crippen LogP contribution in [0.1, 0.15) is 5.56 Å². The first-order valence-electron chi connectivity index (χ1n) is 7.01. The summed E-state index contributed by atoms with van der Waals surface area (Å²) in [6.07, 6.45) is 1.81. The topological polar surface area (TPSA) is 47.0 Å². The molecule has 3 rings (SSSR count). The lowest BCUT2D eigenvalue weighted by atomic mass is 10.2. The number of aromatic amines is 1. The standard InChI is InChI=1S/C18H15BrN2O2/c1-12-15(10-13-8-9-17(23-2)16(19)11-13)18(22)21(20-12)14-6-4-3-5-7-14/h3-11,20H,1H2,2H3/b15-10-. The van der Waals surface area contributed by atoms with Gasteiger partial charge in [0.15, 0.2) is 0 Å². The number of methoxy groups -OCH3 is 1. The molecule has 0 unspecified atom stereocenters. The largest absolute Gasteiger partial charge is 0.496 e. The Bertz CT molecular complexity index is 1000. The molecule has 0 aliphatic carbocycles. The molecule has 0 aliphatic rings. The van der Waals surface area contributed by atoms with Gasteiger partial charge in [0.2, 0.25) is 0 Å². The van der Waals surface area contributed by atoms with Gasteiger partial charge in [-0.3, -0.25) is 9.89 Å². The minimum absolute atomic E-state index is 0.131. The van der Waals surface area contributed by atoms with E-state index in [0.717, 1.165) is 21.5 Å². The Hall–Kier alpha value is -2.53. The lowest BCUT2D eigenvalue weighted by molar-refractivity contribution is 0.412. The first-order valence-corrected chi connectivity index (χ1v) is 7.80. The maximum atomic E-state index is 12.6. The van der Waals surface area contributed by atoms with Gasteiger partial charge in [0.25, 0.3) is 5.56 Å². The molecule has 0 fully saturated rings. The average molecular weight is 371 g/mol. The summed E-state index contributed by atoms with van der Waals surface area (Å²) < 4.78 is 7.54. The third kappa shape index (κ3) is 3.00. The van der Waals surface area contributed by atoms with Gasteiger partial charge in [0, 0.05) is 0 Å². The molecule has 116 valence electrons. The molecular weight excluding hydrogens is 356 g/mol. The zero-order chi connectivity index (χ0) is 16.4. The van der Waals surface area contributed by atoms with Crippen LogP contribution in [0.5, 0.6) is 5.75 Å². The summed E-state index contributed by atoms with van der Waals surface area (Å²) in [5.41, 5.74) is 1.53. The highest BCUT2D eigenvalue weighted by Gasteiger charge is 2.05. The Labute approximate surface area is 141 Å². The lowest BCUT2D eigenvalue weighted by Gasteiger charge is -2.02. The number of hydrogen-bond acceptors (Lipinski definition) is 2. The van der Waals surface area contributed by atoms with Gasteiger partial charge in [-0.25, -0.2) is 4.68 Å². The smallest absolute Gasteiger partial charge is 0.279 e. The molecule has 0 spiro atoms. The van der Waals surface area contributed by atoms with Gasteiger partial charge >= 0.3 is 0 Å². The third-order valence-corrected chi connectivity index (χ3v) is 4.13. The molecular formula is C18H15BrN2O2. The van der Waals surface area contributed by atoms with Gasteiger partial charge in [-0.15, -0.1) is 0 Å². The number of benzene rings is 2. The van der Waals surface area contributed by atoms with Crippen molar-refractivity contribution in [1.29, 1.82) is 0 Å². The minimum Gasteiger partial charge on any atom is -0.496 e. The van der Waals surface area contributed by atoms with Crippen LogP contribution in [0.3, 0.4) is 0 Å². The second-order valence-electron chi connectivity index (χ2n) is 5.02. The van der Waals surface area contributed by atoms with E-state index in [-0.39, 0.29) is 5.56 Å². The molecule has 23 heavy (non-hydrogen) atoms. The first-order chi connectivity index (χ1) is 11.1. The van der Waals surface area contributed by atoms with Crippen LogP contribution in [0.15, 0.2) is 57.8 Å². The molecule has 0 saturated carbocycles. The normalized spacial score (nSPS) is 11.7. The van der Waals surface area contributed by atoms with Crippen molar-refractivity contribution in [2.75, 3.05) is 7.11 Å². The molecule has 4 nitrogen and oxygen atoms in total.